The monoisotopic (exact) mass is 434 g/mol. The third kappa shape index (κ3) is 4.02. The SMILES string of the molecule is Cc1cc(C)c(Nc2nc(C)ccc2S(=O)(=O)c2ccc(Cl)c(Cl)c2)c(C)c1. The molecule has 0 spiro atoms. The number of aryl methyl sites for hydroxylation is 4. The molecule has 0 saturated heterocycles. The molecule has 4 nitrogen and oxygen atoms in total. The van der Waals surface area contributed by atoms with Crippen molar-refractivity contribution in [1.29, 1.82) is 0 Å². The number of aromatic nitrogens is 1. The van der Waals surface area contributed by atoms with Crippen LogP contribution in [0.1, 0.15) is 22.4 Å². The van der Waals surface area contributed by atoms with E-state index in [4.69, 9.17) is 23.2 Å². The Morgan fingerprint density at radius 2 is 1.50 bits per heavy atom. The second-order valence-electron chi connectivity index (χ2n) is 6.78. The van der Waals surface area contributed by atoms with Crippen molar-refractivity contribution >= 4 is 44.5 Å². The van der Waals surface area contributed by atoms with Crippen LogP contribution < -0.4 is 5.32 Å². The van der Waals surface area contributed by atoms with Gasteiger partial charge in [-0.3, -0.25) is 0 Å². The molecule has 0 aliphatic rings. The van der Waals surface area contributed by atoms with Gasteiger partial charge in [-0.1, -0.05) is 40.9 Å². The molecular weight excluding hydrogens is 415 g/mol. The number of pyridine rings is 1. The molecular formula is C21H20Cl2N2O2S. The molecule has 28 heavy (non-hydrogen) atoms. The van der Waals surface area contributed by atoms with Gasteiger partial charge in [0.2, 0.25) is 9.84 Å². The number of halogens is 2. The van der Waals surface area contributed by atoms with Crippen LogP contribution in [0.25, 0.3) is 0 Å². The van der Waals surface area contributed by atoms with Crippen LogP contribution in [0, 0.1) is 27.7 Å². The first kappa shape index (κ1) is 20.6. The number of rotatable bonds is 4. The van der Waals surface area contributed by atoms with Gasteiger partial charge in [0.1, 0.15) is 10.7 Å². The fraction of sp³-hybridized carbons (Fsp3) is 0.190. The average Bonchev–Trinajstić information content (AvgIpc) is 2.60. The van der Waals surface area contributed by atoms with Crippen LogP contribution in [0.2, 0.25) is 10.0 Å². The van der Waals surface area contributed by atoms with E-state index in [-0.39, 0.29) is 20.6 Å². The zero-order valence-corrected chi connectivity index (χ0v) is 18.3. The first-order valence-corrected chi connectivity index (χ1v) is 10.9. The summed E-state index contributed by atoms with van der Waals surface area (Å²) in [5.74, 6) is 0.279. The van der Waals surface area contributed by atoms with E-state index in [1.54, 1.807) is 12.1 Å². The van der Waals surface area contributed by atoms with Crippen LogP contribution in [0.5, 0.6) is 0 Å². The van der Waals surface area contributed by atoms with Crippen molar-refractivity contribution in [3.63, 3.8) is 0 Å². The van der Waals surface area contributed by atoms with Gasteiger partial charge in [0.05, 0.1) is 14.9 Å². The standard InChI is InChI=1S/C21H20Cl2N2O2S/c1-12-9-13(2)20(14(3)10-12)25-21-19(8-5-15(4)24-21)28(26,27)16-6-7-17(22)18(23)11-16/h5-11H,1-4H3,(H,24,25). The molecule has 0 radical (unpaired) electrons. The fourth-order valence-electron chi connectivity index (χ4n) is 3.12. The molecule has 0 aliphatic carbocycles. The first-order chi connectivity index (χ1) is 13.1. The molecule has 0 amide bonds. The summed E-state index contributed by atoms with van der Waals surface area (Å²) in [7, 11) is -3.85. The van der Waals surface area contributed by atoms with Crippen LogP contribution >= 0.6 is 23.2 Å². The van der Waals surface area contributed by atoms with E-state index in [1.165, 1.54) is 18.2 Å². The van der Waals surface area contributed by atoms with Crippen molar-refractivity contribution < 1.29 is 8.42 Å². The Labute approximate surface area is 175 Å². The summed E-state index contributed by atoms with van der Waals surface area (Å²) in [5.41, 5.74) is 4.71. The normalized spacial score (nSPS) is 11.5. The molecule has 1 N–H and O–H groups in total. The number of benzene rings is 2. The topological polar surface area (TPSA) is 59.1 Å². The Balaban J connectivity index is 2.15. The molecule has 1 heterocycles. The number of anilines is 2. The molecule has 0 fully saturated rings. The molecule has 3 rings (SSSR count). The molecule has 3 aromatic rings. The zero-order chi connectivity index (χ0) is 20.6. The lowest BCUT2D eigenvalue weighted by Crippen LogP contribution is -2.09. The lowest BCUT2D eigenvalue weighted by Gasteiger charge is -2.17. The highest BCUT2D eigenvalue weighted by Gasteiger charge is 2.24. The van der Waals surface area contributed by atoms with E-state index in [0.717, 1.165) is 22.4 Å². The van der Waals surface area contributed by atoms with Crippen LogP contribution in [-0.4, -0.2) is 13.4 Å². The number of hydrogen-bond acceptors (Lipinski definition) is 4. The van der Waals surface area contributed by atoms with E-state index < -0.39 is 9.84 Å². The van der Waals surface area contributed by atoms with Crippen LogP contribution in [-0.2, 0) is 9.84 Å². The lowest BCUT2D eigenvalue weighted by atomic mass is 10.1. The predicted octanol–water partition coefficient (Wildman–Crippen LogP) is 6.20. The highest BCUT2D eigenvalue weighted by molar-refractivity contribution is 7.91. The smallest absolute Gasteiger partial charge is 0.210 e. The van der Waals surface area contributed by atoms with Gasteiger partial charge < -0.3 is 5.32 Å². The number of nitrogens with zero attached hydrogens (tertiary/aromatic N) is 1. The van der Waals surface area contributed by atoms with Crippen molar-refractivity contribution in [3.05, 3.63) is 74.9 Å². The summed E-state index contributed by atoms with van der Waals surface area (Å²) in [4.78, 5) is 4.60. The molecule has 7 heteroatoms. The number of nitrogens with one attached hydrogen (secondary N) is 1. The molecule has 0 aliphatic heterocycles. The van der Waals surface area contributed by atoms with Crippen molar-refractivity contribution in [2.24, 2.45) is 0 Å². The minimum atomic E-state index is -3.85. The van der Waals surface area contributed by atoms with E-state index in [2.05, 4.69) is 10.3 Å². The van der Waals surface area contributed by atoms with Gasteiger partial charge in [-0.15, -0.1) is 0 Å². The molecule has 0 saturated carbocycles. The van der Waals surface area contributed by atoms with Crippen molar-refractivity contribution in [2.45, 2.75) is 37.5 Å². The average molecular weight is 435 g/mol. The van der Waals surface area contributed by atoms with Crippen molar-refractivity contribution in [1.82, 2.24) is 4.98 Å². The summed E-state index contributed by atoms with van der Waals surface area (Å²) in [6.07, 6.45) is 0. The van der Waals surface area contributed by atoms with Crippen molar-refractivity contribution in [3.8, 4) is 0 Å². The molecule has 0 bridgehead atoms. The van der Waals surface area contributed by atoms with Gasteiger partial charge >= 0.3 is 0 Å². The van der Waals surface area contributed by atoms with Crippen LogP contribution in [0.15, 0.2) is 52.3 Å². The Kier molecular flexibility index (Phi) is 5.71. The Hall–Kier alpha value is -2.08. The largest absolute Gasteiger partial charge is 0.339 e. The third-order valence-corrected chi connectivity index (χ3v) is 6.93. The van der Waals surface area contributed by atoms with Crippen LogP contribution in [0.4, 0.5) is 11.5 Å². The summed E-state index contributed by atoms with van der Waals surface area (Å²) >= 11 is 12.0. The van der Waals surface area contributed by atoms with E-state index in [1.807, 2.05) is 39.8 Å². The number of hydrogen-bond donors (Lipinski definition) is 1. The summed E-state index contributed by atoms with van der Waals surface area (Å²) in [6.45, 7) is 7.79. The second kappa shape index (κ2) is 7.74. The van der Waals surface area contributed by atoms with Gasteiger partial charge in [0.15, 0.2) is 0 Å². The highest BCUT2D eigenvalue weighted by Crippen LogP contribution is 2.33. The Morgan fingerprint density at radius 1 is 0.857 bits per heavy atom. The maximum Gasteiger partial charge on any atom is 0.210 e. The van der Waals surface area contributed by atoms with Gasteiger partial charge in [0.25, 0.3) is 0 Å². The maximum absolute atomic E-state index is 13.3. The minimum Gasteiger partial charge on any atom is -0.339 e. The predicted molar refractivity (Wildman–Crippen MR) is 115 cm³/mol. The Bertz CT molecular complexity index is 1150. The first-order valence-electron chi connectivity index (χ1n) is 8.62. The van der Waals surface area contributed by atoms with Crippen LogP contribution in [0.3, 0.4) is 0 Å². The van der Waals surface area contributed by atoms with Gasteiger partial charge in [-0.25, -0.2) is 13.4 Å². The third-order valence-electron chi connectivity index (χ3n) is 4.41. The van der Waals surface area contributed by atoms with Gasteiger partial charge in [-0.05, 0) is 69.2 Å². The van der Waals surface area contributed by atoms with E-state index in [9.17, 15) is 8.42 Å². The molecule has 1 aromatic heterocycles. The molecule has 0 unspecified atom stereocenters. The van der Waals surface area contributed by atoms with Gasteiger partial charge in [-0.2, -0.15) is 0 Å². The van der Waals surface area contributed by atoms with Crippen molar-refractivity contribution in [2.75, 3.05) is 5.32 Å². The molecule has 2 aromatic carbocycles. The van der Waals surface area contributed by atoms with Gasteiger partial charge in [0, 0.05) is 11.4 Å². The zero-order valence-electron chi connectivity index (χ0n) is 16.0. The highest BCUT2D eigenvalue weighted by atomic mass is 35.5. The molecule has 146 valence electrons. The van der Waals surface area contributed by atoms with E-state index >= 15 is 0 Å². The minimum absolute atomic E-state index is 0.0629. The molecule has 0 atom stereocenters. The quantitative estimate of drug-likeness (QED) is 0.530. The maximum atomic E-state index is 13.3. The Morgan fingerprint density at radius 3 is 2.11 bits per heavy atom. The fourth-order valence-corrected chi connectivity index (χ4v) is 4.85. The van der Waals surface area contributed by atoms with E-state index in [0.29, 0.717) is 10.7 Å². The lowest BCUT2D eigenvalue weighted by molar-refractivity contribution is 0.596. The summed E-state index contributed by atoms with van der Waals surface area (Å²) in [6, 6.07) is 11.6. The summed E-state index contributed by atoms with van der Waals surface area (Å²) in [5, 5.41) is 3.71. The second-order valence-corrected chi connectivity index (χ2v) is 9.51. The summed E-state index contributed by atoms with van der Waals surface area (Å²) < 4.78 is 26.5. The number of sulfone groups is 1.